The molecule has 0 aliphatic heterocycles. The molecule has 0 aliphatic rings. The Hall–Kier alpha value is -3.40. The van der Waals surface area contributed by atoms with Crippen LogP contribution in [0.3, 0.4) is 0 Å². The highest BCUT2D eigenvalue weighted by Gasteiger charge is 2.15. The van der Waals surface area contributed by atoms with E-state index in [1.54, 1.807) is 36.2 Å². The van der Waals surface area contributed by atoms with E-state index < -0.39 is 5.91 Å². The number of nitriles is 1. The molecule has 1 N–H and O–H groups in total. The van der Waals surface area contributed by atoms with Crippen molar-refractivity contribution in [1.29, 1.82) is 5.26 Å². The number of benzene rings is 2. The van der Waals surface area contributed by atoms with E-state index >= 15 is 0 Å². The number of nitrogens with one attached hydrogen (secondary N) is 1. The first-order valence-corrected chi connectivity index (χ1v) is 9.80. The van der Waals surface area contributed by atoms with Crippen molar-refractivity contribution < 1.29 is 9.53 Å². The van der Waals surface area contributed by atoms with Gasteiger partial charge in [0.05, 0.1) is 5.69 Å². The van der Waals surface area contributed by atoms with Crippen LogP contribution in [0.2, 0.25) is 5.02 Å². The monoisotopic (exact) mass is 420 g/mol. The minimum atomic E-state index is -0.432. The highest BCUT2D eigenvalue weighted by Crippen LogP contribution is 2.27. The van der Waals surface area contributed by atoms with Gasteiger partial charge in [0.2, 0.25) is 0 Å². The van der Waals surface area contributed by atoms with Crippen LogP contribution in [-0.2, 0) is 9.53 Å². The summed E-state index contributed by atoms with van der Waals surface area (Å²) in [5.41, 5.74) is 2.93. The first-order valence-electron chi connectivity index (χ1n) is 9.42. The smallest absolute Gasteiger partial charge is 0.261 e. The number of carbonyl (C=O) groups excluding carboxylic acids is 1. The fourth-order valence-corrected chi connectivity index (χ4v) is 3.07. The maximum Gasteiger partial charge on any atom is 0.261 e. The number of halogens is 1. The molecule has 0 spiro atoms. The first kappa shape index (κ1) is 21.3. The van der Waals surface area contributed by atoms with Crippen molar-refractivity contribution in [2.75, 3.05) is 20.3 Å². The number of hydrogen-bond acceptors (Lipinski definition) is 4. The van der Waals surface area contributed by atoms with Crippen LogP contribution in [0.25, 0.3) is 23.0 Å². The van der Waals surface area contributed by atoms with Gasteiger partial charge in [-0.3, -0.25) is 4.79 Å². The topological polar surface area (TPSA) is 79.9 Å². The molecule has 0 fully saturated rings. The summed E-state index contributed by atoms with van der Waals surface area (Å²) in [4.78, 5) is 12.4. The Kier molecular flexibility index (Phi) is 7.39. The van der Waals surface area contributed by atoms with E-state index in [0.717, 1.165) is 11.3 Å². The van der Waals surface area contributed by atoms with Crippen LogP contribution in [0.4, 0.5) is 0 Å². The molecule has 7 heteroatoms. The van der Waals surface area contributed by atoms with Gasteiger partial charge >= 0.3 is 0 Å². The van der Waals surface area contributed by atoms with Gasteiger partial charge in [-0.05, 0) is 36.8 Å². The summed E-state index contributed by atoms with van der Waals surface area (Å²) >= 11 is 6.16. The molecule has 0 atom stereocenters. The van der Waals surface area contributed by atoms with Crippen LogP contribution in [0.1, 0.15) is 12.0 Å². The molecule has 2 aromatic carbocycles. The molecule has 0 unspecified atom stereocenters. The quantitative estimate of drug-likeness (QED) is 0.335. The molecule has 1 amide bonds. The van der Waals surface area contributed by atoms with E-state index in [1.807, 2.05) is 48.5 Å². The predicted molar refractivity (Wildman–Crippen MR) is 117 cm³/mol. The molecule has 6 nitrogen and oxygen atoms in total. The van der Waals surface area contributed by atoms with Gasteiger partial charge in [-0.1, -0.05) is 41.9 Å². The zero-order valence-electron chi connectivity index (χ0n) is 16.5. The van der Waals surface area contributed by atoms with Crippen molar-refractivity contribution in [3.8, 4) is 23.0 Å². The SMILES string of the molecule is COCCCNC(=O)/C(C#N)=C/c1cn(-c2ccccc2)nc1-c1cccc(Cl)c1. The molecule has 152 valence electrons. The summed E-state index contributed by atoms with van der Waals surface area (Å²) in [6, 6.07) is 18.9. The second kappa shape index (κ2) is 10.4. The summed E-state index contributed by atoms with van der Waals surface area (Å²) in [6.45, 7) is 0.963. The van der Waals surface area contributed by atoms with Crippen LogP contribution in [0.5, 0.6) is 0 Å². The molecular formula is C23H21ClN4O2. The molecule has 0 bridgehead atoms. The fraction of sp³-hybridized carbons (Fsp3) is 0.174. The summed E-state index contributed by atoms with van der Waals surface area (Å²) in [5.74, 6) is -0.432. The molecular weight excluding hydrogens is 400 g/mol. The van der Waals surface area contributed by atoms with Crippen molar-refractivity contribution in [3.05, 3.63) is 77.0 Å². The van der Waals surface area contributed by atoms with E-state index in [4.69, 9.17) is 16.3 Å². The molecule has 0 aliphatic carbocycles. The standard InChI is InChI=1S/C23H21ClN4O2/c1-30-12-6-11-26-23(29)18(15-25)13-19-16-28(21-9-3-2-4-10-21)27-22(19)17-7-5-8-20(24)14-17/h2-5,7-10,13-14,16H,6,11-12H2,1H3,(H,26,29)/b18-13+. The third kappa shape index (κ3) is 5.35. The van der Waals surface area contributed by atoms with Crippen molar-refractivity contribution >= 4 is 23.6 Å². The Morgan fingerprint density at radius 1 is 1.27 bits per heavy atom. The van der Waals surface area contributed by atoms with Gasteiger partial charge in [0, 0.05) is 42.6 Å². The number of methoxy groups -OCH3 is 1. The van der Waals surface area contributed by atoms with Gasteiger partial charge in [0.1, 0.15) is 17.3 Å². The van der Waals surface area contributed by atoms with Crippen molar-refractivity contribution in [3.63, 3.8) is 0 Å². The molecule has 0 radical (unpaired) electrons. The van der Waals surface area contributed by atoms with E-state index in [-0.39, 0.29) is 5.57 Å². The van der Waals surface area contributed by atoms with Crippen molar-refractivity contribution in [2.45, 2.75) is 6.42 Å². The van der Waals surface area contributed by atoms with E-state index in [9.17, 15) is 10.1 Å². The summed E-state index contributed by atoms with van der Waals surface area (Å²) in [7, 11) is 1.60. The average Bonchev–Trinajstić information content (AvgIpc) is 3.19. The van der Waals surface area contributed by atoms with Crippen LogP contribution in [0, 0.1) is 11.3 Å². The van der Waals surface area contributed by atoms with Crippen LogP contribution in [-0.4, -0.2) is 35.9 Å². The summed E-state index contributed by atoms with van der Waals surface area (Å²) < 4.78 is 6.69. The Bertz CT molecular complexity index is 1080. The van der Waals surface area contributed by atoms with Crippen molar-refractivity contribution in [1.82, 2.24) is 15.1 Å². The first-order chi connectivity index (χ1) is 14.6. The third-order valence-electron chi connectivity index (χ3n) is 4.34. The Labute approximate surface area is 180 Å². The molecule has 0 saturated heterocycles. The number of rotatable bonds is 8. The molecule has 1 heterocycles. The lowest BCUT2D eigenvalue weighted by molar-refractivity contribution is -0.117. The molecule has 30 heavy (non-hydrogen) atoms. The van der Waals surface area contributed by atoms with Crippen LogP contribution < -0.4 is 5.32 Å². The second-order valence-corrected chi connectivity index (χ2v) is 6.93. The lowest BCUT2D eigenvalue weighted by atomic mass is 10.1. The molecule has 3 rings (SSSR count). The maximum absolute atomic E-state index is 12.4. The number of nitrogens with zero attached hydrogens (tertiary/aromatic N) is 3. The minimum Gasteiger partial charge on any atom is -0.385 e. The lowest BCUT2D eigenvalue weighted by Gasteiger charge is -2.04. The van der Waals surface area contributed by atoms with Gasteiger partial charge in [-0.25, -0.2) is 4.68 Å². The van der Waals surface area contributed by atoms with Gasteiger partial charge in [-0.15, -0.1) is 0 Å². The number of aromatic nitrogens is 2. The normalized spacial score (nSPS) is 11.2. The van der Waals surface area contributed by atoms with Gasteiger partial charge < -0.3 is 10.1 Å². The minimum absolute atomic E-state index is 0.00306. The second-order valence-electron chi connectivity index (χ2n) is 6.50. The van der Waals surface area contributed by atoms with Crippen molar-refractivity contribution in [2.24, 2.45) is 0 Å². The zero-order valence-corrected chi connectivity index (χ0v) is 17.3. The van der Waals surface area contributed by atoms with E-state index in [0.29, 0.717) is 35.9 Å². The largest absolute Gasteiger partial charge is 0.385 e. The summed E-state index contributed by atoms with van der Waals surface area (Å²) in [6.07, 6.45) is 4.01. The van der Waals surface area contributed by atoms with Gasteiger partial charge in [0.25, 0.3) is 5.91 Å². The third-order valence-corrected chi connectivity index (χ3v) is 4.57. The highest BCUT2D eigenvalue weighted by molar-refractivity contribution is 6.30. The van der Waals surface area contributed by atoms with E-state index in [1.165, 1.54) is 0 Å². The van der Waals surface area contributed by atoms with Crippen LogP contribution >= 0.6 is 11.6 Å². The maximum atomic E-state index is 12.4. The Morgan fingerprint density at radius 3 is 2.77 bits per heavy atom. The number of amides is 1. The van der Waals surface area contributed by atoms with Gasteiger partial charge in [0.15, 0.2) is 0 Å². The zero-order chi connectivity index (χ0) is 21.3. The number of carbonyl (C=O) groups is 1. The molecule has 1 aromatic heterocycles. The van der Waals surface area contributed by atoms with E-state index in [2.05, 4.69) is 10.4 Å². The molecule has 0 saturated carbocycles. The predicted octanol–water partition coefficient (Wildman–Crippen LogP) is 4.25. The number of para-hydroxylation sites is 1. The Morgan fingerprint density at radius 2 is 2.07 bits per heavy atom. The Balaban J connectivity index is 1.99. The number of ether oxygens (including phenoxy) is 1. The lowest BCUT2D eigenvalue weighted by Crippen LogP contribution is -2.26. The van der Waals surface area contributed by atoms with Crippen LogP contribution in [0.15, 0.2) is 66.4 Å². The molecule has 3 aromatic rings. The summed E-state index contributed by atoms with van der Waals surface area (Å²) in [5, 5.41) is 17.5. The van der Waals surface area contributed by atoms with Gasteiger partial charge in [-0.2, -0.15) is 10.4 Å². The highest BCUT2D eigenvalue weighted by atomic mass is 35.5. The fourth-order valence-electron chi connectivity index (χ4n) is 2.88. The number of hydrogen-bond donors (Lipinski definition) is 1. The average molecular weight is 421 g/mol.